The van der Waals surface area contributed by atoms with Crippen molar-refractivity contribution in [2.24, 2.45) is 0 Å². The normalized spacial score (nSPS) is 11.1. The molecule has 3 nitrogen and oxygen atoms in total. The Hall–Kier alpha value is -3.40. The highest BCUT2D eigenvalue weighted by Gasteiger charge is 2.16. The van der Waals surface area contributed by atoms with Crippen molar-refractivity contribution in [3.05, 3.63) is 102 Å². The number of ether oxygens (including phenoxy) is 3. The summed E-state index contributed by atoms with van der Waals surface area (Å²) in [6, 6.07) is 31.8. The summed E-state index contributed by atoms with van der Waals surface area (Å²) in [6.45, 7) is 9.83. The number of benzene rings is 4. The predicted molar refractivity (Wildman–Crippen MR) is 145 cm³/mol. The number of para-hydroxylation sites is 1. The lowest BCUT2D eigenvalue weighted by atomic mass is 9.88. The molecule has 0 amide bonds. The average molecular weight is 467 g/mol. The third-order valence-electron chi connectivity index (χ3n) is 6.30. The lowest BCUT2D eigenvalue weighted by Crippen LogP contribution is -2.25. The van der Waals surface area contributed by atoms with E-state index in [1.165, 1.54) is 33.4 Å². The van der Waals surface area contributed by atoms with Crippen LogP contribution in [-0.2, 0) is 9.47 Å². The van der Waals surface area contributed by atoms with E-state index in [-0.39, 0.29) is 6.29 Å². The van der Waals surface area contributed by atoms with Gasteiger partial charge in [0, 0.05) is 18.8 Å². The number of hydrogen-bond acceptors (Lipinski definition) is 3. The average Bonchev–Trinajstić information content (AvgIpc) is 2.89. The second-order valence-corrected chi connectivity index (χ2v) is 8.47. The van der Waals surface area contributed by atoms with Gasteiger partial charge in [0.25, 0.3) is 0 Å². The highest BCUT2D eigenvalue weighted by Crippen LogP contribution is 2.39. The lowest BCUT2D eigenvalue weighted by Gasteiger charge is -2.20. The van der Waals surface area contributed by atoms with Gasteiger partial charge in [-0.15, -0.1) is 0 Å². The van der Waals surface area contributed by atoms with Crippen molar-refractivity contribution in [1.82, 2.24) is 0 Å². The van der Waals surface area contributed by atoms with Crippen molar-refractivity contribution in [1.29, 1.82) is 0 Å². The van der Waals surface area contributed by atoms with E-state index in [0.29, 0.717) is 19.8 Å². The molecule has 0 spiro atoms. The van der Waals surface area contributed by atoms with Crippen molar-refractivity contribution in [2.45, 2.75) is 34.0 Å². The Bertz CT molecular complexity index is 1240. The van der Waals surface area contributed by atoms with E-state index in [4.69, 9.17) is 14.2 Å². The quantitative estimate of drug-likeness (QED) is 0.221. The Morgan fingerprint density at radius 2 is 1.03 bits per heavy atom. The Balaban J connectivity index is 1.71. The molecule has 4 rings (SSSR count). The molecule has 4 aromatic rings. The minimum atomic E-state index is -0.381. The van der Waals surface area contributed by atoms with E-state index in [1.807, 2.05) is 26.0 Å². The maximum absolute atomic E-state index is 6.21. The minimum Gasteiger partial charge on any atom is -0.488 e. The summed E-state index contributed by atoms with van der Waals surface area (Å²) in [7, 11) is 0. The maximum atomic E-state index is 6.21. The molecule has 4 aromatic carbocycles. The molecule has 0 saturated heterocycles. The molecule has 0 unspecified atom stereocenters. The molecule has 0 atom stereocenters. The molecule has 0 saturated carbocycles. The fourth-order valence-electron chi connectivity index (χ4n) is 4.57. The van der Waals surface area contributed by atoms with E-state index in [2.05, 4.69) is 92.7 Å². The summed E-state index contributed by atoms with van der Waals surface area (Å²) < 4.78 is 17.5. The smallest absolute Gasteiger partial charge is 0.191 e. The first-order valence-corrected chi connectivity index (χ1v) is 12.3. The standard InChI is InChI=1S/C32H34O3/c1-5-33-32(34-6-2)22-35-31-21-11-10-16-30(31)29-20-13-19-28(24(29)4)27-18-12-17-26(23(27)3)25-14-8-7-9-15-25/h7-21,32H,5-6,22H2,1-4H3. The highest BCUT2D eigenvalue weighted by molar-refractivity contribution is 5.85. The van der Waals surface area contributed by atoms with Gasteiger partial charge in [-0.25, -0.2) is 0 Å². The summed E-state index contributed by atoms with van der Waals surface area (Å²) in [5, 5.41) is 0. The monoisotopic (exact) mass is 466 g/mol. The van der Waals surface area contributed by atoms with Crippen LogP contribution >= 0.6 is 0 Å². The third kappa shape index (κ3) is 5.64. The van der Waals surface area contributed by atoms with Crippen molar-refractivity contribution in [3.8, 4) is 39.1 Å². The van der Waals surface area contributed by atoms with Gasteiger partial charge in [-0.1, -0.05) is 84.9 Å². The van der Waals surface area contributed by atoms with Crippen LogP contribution in [0.3, 0.4) is 0 Å². The fourth-order valence-corrected chi connectivity index (χ4v) is 4.57. The fraction of sp³-hybridized carbons (Fsp3) is 0.250. The molecule has 0 radical (unpaired) electrons. The SMILES string of the molecule is CCOC(COc1ccccc1-c1cccc(-c2cccc(-c3ccccc3)c2C)c1C)OCC. The number of rotatable bonds is 10. The van der Waals surface area contributed by atoms with E-state index < -0.39 is 0 Å². The van der Waals surface area contributed by atoms with Gasteiger partial charge in [0.1, 0.15) is 12.4 Å². The van der Waals surface area contributed by atoms with E-state index >= 15 is 0 Å². The van der Waals surface area contributed by atoms with Crippen LogP contribution in [0.25, 0.3) is 33.4 Å². The van der Waals surface area contributed by atoms with Gasteiger partial charge in [-0.3, -0.25) is 0 Å². The molecule has 35 heavy (non-hydrogen) atoms. The first-order chi connectivity index (χ1) is 17.1. The van der Waals surface area contributed by atoms with Gasteiger partial charge in [-0.05, 0) is 72.7 Å². The van der Waals surface area contributed by atoms with Crippen LogP contribution in [0.1, 0.15) is 25.0 Å². The summed E-state index contributed by atoms with van der Waals surface area (Å²) >= 11 is 0. The zero-order valence-corrected chi connectivity index (χ0v) is 21.1. The highest BCUT2D eigenvalue weighted by atomic mass is 16.7. The third-order valence-corrected chi connectivity index (χ3v) is 6.30. The predicted octanol–water partition coefficient (Wildman–Crippen LogP) is 8.08. The molecule has 0 aliphatic rings. The molecular weight excluding hydrogens is 432 g/mol. The van der Waals surface area contributed by atoms with E-state index in [0.717, 1.165) is 16.9 Å². The molecule has 0 heterocycles. The van der Waals surface area contributed by atoms with Gasteiger partial charge in [0.15, 0.2) is 6.29 Å². The van der Waals surface area contributed by atoms with Crippen molar-refractivity contribution in [3.63, 3.8) is 0 Å². The van der Waals surface area contributed by atoms with Crippen LogP contribution in [0, 0.1) is 13.8 Å². The Kier molecular flexibility index (Phi) is 8.36. The van der Waals surface area contributed by atoms with Gasteiger partial charge >= 0.3 is 0 Å². The van der Waals surface area contributed by atoms with Gasteiger partial charge < -0.3 is 14.2 Å². The van der Waals surface area contributed by atoms with Gasteiger partial charge in [0.2, 0.25) is 0 Å². The molecule has 0 fully saturated rings. The second kappa shape index (κ2) is 11.8. The van der Waals surface area contributed by atoms with Crippen LogP contribution < -0.4 is 4.74 Å². The van der Waals surface area contributed by atoms with Crippen LogP contribution in [0.5, 0.6) is 5.75 Å². The summed E-state index contributed by atoms with van der Waals surface area (Å²) in [5.41, 5.74) is 9.70. The summed E-state index contributed by atoms with van der Waals surface area (Å²) in [6.07, 6.45) is -0.381. The molecule has 0 N–H and O–H groups in total. The first kappa shape index (κ1) is 24.7. The summed E-state index contributed by atoms with van der Waals surface area (Å²) in [4.78, 5) is 0. The maximum Gasteiger partial charge on any atom is 0.191 e. The topological polar surface area (TPSA) is 27.7 Å². The molecule has 0 aliphatic carbocycles. The number of hydrogen-bond donors (Lipinski definition) is 0. The second-order valence-electron chi connectivity index (χ2n) is 8.47. The Morgan fingerprint density at radius 3 is 1.66 bits per heavy atom. The lowest BCUT2D eigenvalue weighted by molar-refractivity contribution is -0.152. The van der Waals surface area contributed by atoms with E-state index in [9.17, 15) is 0 Å². The zero-order chi connectivity index (χ0) is 24.6. The molecule has 180 valence electrons. The van der Waals surface area contributed by atoms with Gasteiger partial charge in [0.05, 0.1) is 0 Å². The van der Waals surface area contributed by atoms with E-state index in [1.54, 1.807) is 0 Å². The van der Waals surface area contributed by atoms with Gasteiger partial charge in [-0.2, -0.15) is 0 Å². The molecule has 0 aromatic heterocycles. The Labute approximate surface area is 209 Å². The van der Waals surface area contributed by atoms with Crippen LogP contribution in [0.2, 0.25) is 0 Å². The first-order valence-electron chi connectivity index (χ1n) is 12.3. The van der Waals surface area contributed by atoms with Crippen LogP contribution in [-0.4, -0.2) is 26.1 Å². The zero-order valence-electron chi connectivity index (χ0n) is 21.1. The van der Waals surface area contributed by atoms with Crippen molar-refractivity contribution < 1.29 is 14.2 Å². The van der Waals surface area contributed by atoms with Crippen LogP contribution in [0.4, 0.5) is 0 Å². The Morgan fingerprint density at radius 1 is 0.543 bits per heavy atom. The summed E-state index contributed by atoms with van der Waals surface area (Å²) in [5.74, 6) is 0.826. The van der Waals surface area contributed by atoms with Crippen molar-refractivity contribution in [2.75, 3.05) is 19.8 Å². The molecule has 0 bridgehead atoms. The molecule has 3 heteroatoms. The molecule has 0 aliphatic heterocycles. The van der Waals surface area contributed by atoms with Crippen LogP contribution in [0.15, 0.2) is 91.0 Å². The van der Waals surface area contributed by atoms with Crippen molar-refractivity contribution >= 4 is 0 Å². The molecular formula is C32H34O3. The largest absolute Gasteiger partial charge is 0.488 e. The minimum absolute atomic E-state index is 0.343.